The average molecular weight is 462 g/mol. The van der Waals surface area contributed by atoms with E-state index in [9.17, 15) is 19.8 Å². The second-order valence-corrected chi connectivity index (χ2v) is 7.90. The zero-order valence-corrected chi connectivity index (χ0v) is 19.6. The lowest BCUT2D eigenvalue weighted by molar-refractivity contribution is 0.0691. The van der Waals surface area contributed by atoms with Crippen LogP contribution in [0.5, 0.6) is 5.75 Å². The van der Waals surface area contributed by atoms with Crippen molar-refractivity contribution in [3.8, 4) is 17.0 Å². The molecule has 0 unspecified atom stereocenters. The van der Waals surface area contributed by atoms with Crippen LogP contribution in [0.3, 0.4) is 0 Å². The van der Waals surface area contributed by atoms with Crippen LogP contribution in [0.15, 0.2) is 29.1 Å². The van der Waals surface area contributed by atoms with Crippen molar-refractivity contribution in [2.45, 2.75) is 52.5 Å². The fraction of sp³-hybridized carbons (Fsp3) is 0.417. The van der Waals surface area contributed by atoms with Gasteiger partial charge in [0, 0.05) is 35.8 Å². The topological polar surface area (TPSA) is 107 Å². The van der Waals surface area contributed by atoms with Crippen molar-refractivity contribution >= 4 is 29.3 Å². The number of carbonyl (C=O) groups is 1. The quantitative estimate of drug-likeness (QED) is 0.330. The molecule has 0 bridgehead atoms. The zero-order valence-electron chi connectivity index (χ0n) is 18.8. The predicted octanol–water partition coefficient (Wildman–Crippen LogP) is 4.59. The highest BCUT2D eigenvalue weighted by Crippen LogP contribution is 2.32. The molecule has 0 aliphatic rings. The van der Waals surface area contributed by atoms with Gasteiger partial charge in [-0.2, -0.15) is 0 Å². The Morgan fingerprint density at radius 2 is 1.91 bits per heavy atom. The Hall–Kier alpha value is -2.77. The Morgan fingerprint density at radius 1 is 1.16 bits per heavy atom. The number of nitrogens with zero attached hydrogens (tertiary/aromatic N) is 1. The van der Waals surface area contributed by atoms with Gasteiger partial charge in [-0.05, 0) is 43.1 Å². The summed E-state index contributed by atoms with van der Waals surface area (Å²) in [7, 11) is 2.03. The molecule has 2 aromatic heterocycles. The zero-order chi connectivity index (χ0) is 22.5. The highest BCUT2D eigenvalue weighted by molar-refractivity contribution is 5.92. The van der Waals surface area contributed by atoms with E-state index in [1.54, 1.807) is 0 Å². The molecule has 32 heavy (non-hydrogen) atoms. The molecule has 7 nitrogen and oxygen atoms in total. The largest absolute Gasteiger partial charge is 0.506 e. The molecule has 0 saturated heterocycles. The molecule has 0 radical (unpaired) electrons. The Labute approximate surface area is 193 Å². The Bertz CT molecular complexity index is 1150. The van der Waals surface area contributed by atoms with Crippen molar-refractivity contribution in [3.05, 3.63) is 51.4 Å². The number of nitrogens with one attached hydrogen (secondary N) is 2. The number of hydrogen-bond acceptors (Lipinski definition) is 4. The van der Waals surface area contributed by atoms with Crippen LogP contribution in [-0.4, -0.2) is 32.3 Å². The number of pyridine rings is 1. The number of aryl methyl sites for hydroxylation is 1. The van der Waals surface area contributed by atoms with Crippen molar-refractivity contribution in [1.82, 2.24) is 14.9 Å². The summed E-state index contributed by atoms with van der Waals surface area (Å²) in [6.45, 7) is 5.78. The normalized spacial score (nSPS) is 11.0. The maximum atomic E-state index is 12.3. The summed E-state index contributed by atoms with van der Waals surface area (Å²) in [5.41, 5.74) is 2.41. The van der Waals surface area contributed by atoms with Crippen molar-refractivity contribution in [1.29, 1.82) is 0 Å². The van der Waals surface area contributed by atoms with Gasteiger partial charge in [0.25, 0.3) is 5.56 Å². The Morgan fingerprint density at radius 3 is 2.56 bits per heavy atom. The third kappa shape index (κ3) is 5.16. The van der Waals surface area contributed by atoms with Crippen LogP contribution < -0.4 is 10.9 Å². The molecule has 2 heterocycles. The number of H-pyrrole nitrogens is 1. The maximum Gasteiger partial charge on any atom is 0.345 e. The third-order valence-electron chi connectivity index (χ3n) is 5.80. The smallest absolute Gasteiger partial charge is 0.345 e. The van der Waals surface area contributed by atoms with E-state index in [4.69, 9.17) is 0 Å². The van der Waals surface area contributed by atoms with E-state index in [-0.39, 0.29) is 12.4 Å². The number of carboxylic acids is 1. The standard InChI is InChI=1S/C24H31N3O4.ClH/c1-4-6-7-8-11-25-14-17-13-16-12-15(9-10-19(16)27(17)3)21-18(5-2)22(28)20(24(30)31)23(29)26-21;/h9-10,12-13,25H,4-8,11,14H2,1-3H3,(H,30,31)(H2,26,28,29);1H. The van der Waals surface area contributed by atoms with E-state index >= 15 is 0 Å². The SMILES string of the molecule is CCCCCCNCc1cc2cc(-c3[nH]c(=O)c(C(=O)O)c(O)c3CC)ccc2n1C.Cl. The number of aromatic amines is 1. The predicted molar refractivity (Wildman–Crippen MR) is 130 cm³/mol. The summed E-state index contributed by atoms with van der Waals surface area (Å²) in [6.07, 6.45) is 5.30. The molecular weight excluding hydrogens is 430 g/mol. The van der Waals surface area contributed by atoms with Gasteiger partial charge in [-0.3, -0.25) is 4.79 Å². The number of halogens is 1. The average Bonchev–Trinajstić information content (AvgIpc) is 3.05. The van der Waals surface area contributed by atoms with E-state index < -0.39 is 22.8 Å². The summed E-state index contributed by atoms with van der Waals surface area (Å²) >= 11 is 0. The first-order valence-electron chi connectivity index (χ1n) is 10.9. The monoisotopic (exact) mass is 461 g/mol. The van der Waals surface area contributed by atoms with Gasteiger partial charge in [0.05, 0.1) is 5.69 Å². The lowest BCUT2D eigenvalue weighted by Crippen LogP contribution is -2.20. The van der Waals surface area contributed by atoms with E-state index in [0.29, 0.717) is 17.7 Å². The van der Waals surface area contributed by atoms with Gasteiger partial charge >= 0.3 is 5.97 Å². The number of aromatic hydroxyl groups is 1. The fourth-order valence-corrected chi connectivity index (χ4v) is 4.04. The number of aromatic carboxylic acids is 1. The molecule has 0 aliphatic heterocycles. The van der Waals surface area contributed by atoms with Crippen LogP contribution in [0.1, 0.15) is 61.1 Å². The van der Waals surface area contributed by atoms with Crippen LogP contribution >= 0.6 is 12.4 Å². The maximum absolute atomic E-state index is 12.3. The molecule has 174 valence electrons. The molecular formula is C24H32ClN3O4. The number of fused-ring (bicyclic) bond motifs is 1. The molecule has 1 aromatic carbocycles. The highest BCUT2D eigenvalue weighted by Gasteiger charge is 2.22. The van der Waals surface area contributed by atoms with Gasteiger partial charge in [-0.25, -0.2) is 4.79 Å². The van der Waals surface area contributed by atoms with Gasteiger partial charge in [-0.1, -0.05) is 39.2 Å². The van der Waals surface area contributed by atoms with E-state index in [0.717, 1.165) is 35.2 Å². The summed E-state index contributed by atoms with van der Waals surface area (Å²) < 4.78 is 2.15. The molecule has 0 fully saturated rings. The molecule has 3 aromatic rings. The first-order chi connectivity index (χ1) is 14.9. The summed E-state index contributed by atoms with van der Waals surface area (Å²) in [5, 5.41) is 24.2. The minimum atomic E-state index is -1.44. The Kier molecular flexibility index (Phi) is 8.92. The van der Waals surface area contributed by atoms with Crippen LogP contribution in [0.2, 0.25) is 0 Å². The molecule has 0 aliphatic carbocycles. The van der Waals surface area contributed by atoms with Crippen LogP contribution in [0.4, 0.5) is 0 Å². The van der Waals surface area contributed by atoms with E-state index in [1.165, 1.54) is 25.7 Å². The summed E-state index contributed by atoms with van der Waals surface area (Å²) in [5.74, 6) is -1.90. The first-order valence-corrected chi connectivity index (χ1v) is 10.9. The molecule has 0 saturated carbocycles. The molecule has 0 atom stereocenters. The number of hydrogen-bond donors (Lipinski definition) is 4. The second-order valence-electron chi connectivity index (χ2n) is 7.90. The number of rotatable bonds is 10. The second kappa shape index (κ2) is 11.2. The molecule has 0 amide bonds. The van der Waals surface area contributed by atoms with Crippen molar-refractivity contribution in [2.24, 2.45) is 7.05 Å². The van der Waals surface area contributed by atoms with Gasteiger partial charge in [-0.15, -0.1) is 12.4 Å². The lowest BCUT2D eigenvalue weighted by atomic mass is 9.99. The van der Waals surface area contributed by atoms with Crippen LogP contribution in [0.25, 0.3) is 22.2 Å². The van der Waals surface area contributed by atoms with E-state index in [1.807, 2.05) is 32.2 Å². The minimum absolute atomic E-state index is 0. The molecule has 8 heteroatoms. The van der Waals surface area contributed by atoms with Gasteiger partial charge < -0.3 is 25.1 Å². The third-order valence-corrected chi connectivity index (χ3v) is 5.80. The lowest BCUT2D eigenvalue weighted by Gasteiger charge is -2.12. The van der Waals surface area contributed by atoms with Crippen molar-refractivity contribution in [2.75, 3.05) is 6.54 Å². The van der Waals surface area contributed by atoms with E-state index in [2.05, 4.69) is 27.9 Å². The number of benzene rings is 1. The fourth-order valence-electron chi connectivity index (χ4n) is 4.04. The molecule has 3 rings (SSSR count). The number of unbranched alkanes of at least 4 members (excludes halogenated alkanes) is 3. The summed E-state index contributed by atoms with van der Waals surface area (Å²) in [6, 6.07) is 7.95. The van der Waals surface area contributed by atoms with Crippen molar-refractivity contribution < 1.29 is 15.0 Å². The van der Waals surface area contributed by atoms with Crippen LogP contribution in [0, 0.1) is 0 Å². The Balaban J connectivity index is 0.00000363. The van der Waals surface area contributed by atoms with Gasteiger partial charge in [0.15, 0.2) is 5.56 Å². The number of carboxylic acid groups (broad SMARTS) is 1. The highest BCUT2D eigenvalue weighted by atomic mass is 35.5. The number of aromatic nitrogens is 2. The van der Waals surface area contributed by atoms with Gasteiger partial charge in [0.2, 0.25) is 0 Å². The molecule has 4 N–H and O–H groups in total. The van der Waals surface area contributed by atoms with Crippen molar-refractivity contribution in [3.63, 3.8) is 0 Å². The van der Waals surface area contributed by atoms with Crippen LogP contribution in [-0.2, 0) is 20.0 Å². The minimum Gasteiger partial charge on any atom is -0.506 e. The first kappa shape index (κ1) is 25.5. The summed E-state index contributed by atoms with van der Waals surface area (Å²) in [4.78, 5) is 26.3. The van der Waals surface area contributed by atoms with Gasteiger partial charge in [0.1, 0.15) is 5.75 Å². The molecule has 0 spiro atoms.